The Morgan fingerprint density at radius 3 is 2.77 bits per heavy atom. The van der Waals surface area contributed by atoms with Crippen LogP contribution in [0.1, 0.15) is 5.56 Å². The molecule has 5 heteroatoms. The van der Waals surface area contributed by atoms with Gasteiger partial charge in [0.1, 0.15) is 5.84 Å². The first-order valence-electron chi connectivity index (χ1n) is 3.71. The SMILES string of the molecule is CN=C(NNC=S)c1ccncc1. The Hall–Kier alpha value is -1.49. The van der Waals surface area contributed by atoms with E-state index >= 15 is 0 Å². The fraction of sp³-hybridized carbons (Fsp3) is 0.125. The van der Waals surface area contributed by atoms with E-state index in [1.807, 2.05) is 12.1 Å². The molecule has 1 rings (SSSR count). The van der Waals surface area contributed by atoms with Gasteiger partial charge in [0.2, 0.25) is 0 Å². The summed E-state index contributed by atoms with van der Waals surface area (Å²) in [5.74, 6) is 0.725. The molecule has 0 saturated heterocycles. The maximum atomic E-state index is 4.60. The van der Waals surface area contributed by atoms with E-state index in [-0.39, 0.29) is 0 Å². The van der Waals surface area contributed by atoms with Crippen LogP contribution in [0.3, 0.4) is 0 Å². The number of nitrogens with zero attached hydrogens (tertiary/aromatic N) is 2. The van der Waals surface area contributed by atoms with Crippen molar-refractivity contribution in [1.29, 1.82) is 0 Å². The molecule has 13 heavy (non-hydrogen) atoms. The van der Waals surface area contributed by atoms with Gasteiger partial charge in [-0.1, -0.05) is 12.2 Å². The molecular formula is C8H10N4S. The summed E-state index contributed by atoms with van der Waals surface area (Å²) in [5, 5.41) is 0. The number of nitrogens with one attached hydrogen (secondary N) is 2. The van der Waals surface area contributed by atoms with Crippen LogP contribution in [0.15, 0.2) is 29.5 Å². The molecule has 0 bridgehead atoms. The largest absolute Gasteiger partial charge is 0.296 e. The maximum absolute atomic E-state index is 4.60. The van der Waals surface area contributed by atoms with Crippen molar-refractivity contribution in [2.45, 2.75) is 0 Å². The van der Waals surface area contributed by atoms with Crippen molar-refractivity contribution in [2.24, 2.45) is 4.99 Å². The first kappa shape index (κ1) is 9.60. The van der Waals surface area contributed by atoms with Gasteiger partial charge in [0.25, 0.3) is 0 Å². The first-order chi connectivity index (χ1) is 6.38. The van der Waals surface area contributed by atoms with Crippen LogP contribution >= 0.6 is 12.2 Å². The van der Waals surface area contributed by atoms with Crippen molar-refractivity contribution >= 4 is 23.5 Å². The Kier molecular flexibility index (Phi) is 3.84. The summed E-state index contributed by atoms with van der Waals surface area (Å²) < 4.78 is 0. The first-order valence-corrected chi connectivity index (χ1v) is 4.18. The minimum absolute atomic E-state index is 0.725. The third kappa shape index (κ3) is 2.79. The number of hydrazine groups is 1. The van der Waals surface area contributed by atoms with Crippen LogP contribution in [-0.2, 0) is 0 Å². The van der Waals surface area contributed by atoms with Crippen LogP contribution in [0.25, 0.3) is 0 Å². The van der Waals surface area contributed by atoms with Gasteiger partial charge in [0.05, 0.1) is 5.49 Å². The molecular weight excluding hydrogens is 184 g/mol. The molecule has 0 amide bonds. The highest BCUT2D eigenvalue weighted by molar-refractivity contribution is 7.78. The lowest BCUT2D eigenvalue weighted by Gasteiger charge is -2.07. The Labute approximate surface area is 82.1 Å². The predicted molar refractivity (Wildman–Crippen MR) is 56.6 cm³/mol. The number of hydrogen-bond acceptors (Lipinski definition) is 3. The molecule has 0 aliphatic heterocycles. The number of pyridine rings is 1. The summed E-state index contributed by atoms with van der Waals surface area (Å²) in [6.07, 6.45) is 3.42. The van der Waals surface area contributed by atoms with Gasteiger partial charge in [-0.05, 0) is 12.1 Å². The number of hydrogen-bond donors (Lipinski definition) is 2. The van der Waals surface area contributed by atoms with Crippen LogP contribution < -0.4 is 10.9 Å². The highest BCUT2D eigenvalue weighted by atomic mass is 32.1. The van der Waals surface area contributed by atoms with E-state index < -0.39 is 0 Å². The molecule has 68 valence electrons. The zero-order chi connectivity index (χ0) is 9.52. The van der Waals surface area contributed by atoms with E-state index in [4.69, 9.17) is 0 Å². The Morgan fingerprint density at radius 1 is 1.54 bits per heavy atom. The lowest BCUT2D eigenvalue weighted by molar-refractivity contribution is 0.888. The summed E-state index contributed by atoms with van der Waals surface area (Å²) in [5.41, 5.74) is 7.88. The third-order valence-corrected chi connectivity index (χ3v) is 1.54. The second kappa shape index (κ2) is 5.21. The Balaban J connectivity index is 2.74. The molecule has 0 aliphatic carbocycles. The summed E-state index contributed by atoms with van der Waals surface area (Å²) in [6.45, 7) is 0. The van der Waals surface area contributed by atoms with Crippen molar-refractivity contribution in [2.75, 3.05) is 7.05 Å². The van der Waals surface area contributed by atoms with Gasteiger partial charge in [-0.15, -0.1) is 0 Å². The number of aliphatic imine (C=N–C) groups is 1. The standard InChI is InChI=1S/C8H10N4S/c1-9-8(12-11-6-13)7-2-4-10-5-3-7/h2-6H,1H3,(H,9,12)(H,11,13). The quantitative estimate of drug-likeness (QED) is 0.318. The lowest BCUT2D eigenvalue weighted by atomic mass is 10.2. The highest BCUT2D eigenvalue weighted by Crippen LogP contribution is 1.95. The summed E-state index contributed by atoms with van der Waals surface area (Å²) >= 11 is 4.60. The zero-order valence-corrected chi connectivity index (χ0v) is 8.01. The van der Waals surface area contributed by atoms with Gasteiger partial charge in [-0.3, -0.25) is 20.8 Å². The molecule has 0 atom stereocenters. The van der Waals surface area contributed by atoms with E-state index in [1.54, 1.807) is 19.4 Å². The predicted octanol–water partition coefficient (Wildman–Crippen LogP) is 0.509. The number of aromatic nitrogens is 1. The van der Waals surface area contributed by atoms with Crippen molar-refractivity contribution < 1.29 is 0 Å². The Bertz CT molecular complexity index is 296. The molecule has 0 spiro atoms. The lowest BCUT2D eigenvalue weighted by Crippen LogP contribution is -2.36. The van der Waals surface area contributed by atoms with Gasteiger partial charge in [0.15, 0.2) is 0 Å². The van der Waals surface area contributed by atoms with Crippen LogP contribution in [0.2, 0.25) is 0 Å². The van der Waals surface area contributed by atoms with Crippen molar-refractivity contribution in [3.05, 3.63) is 30.1 Å². The summed E-state index contributed by atoms with van der Waals surface area (Å²) in [7, 11) is 1.70. The van der Waals surface area contributed by atoms with Crippen molar-refractivity contribution in [1.82, 2.24) is 15.8 Å². The monoisotopic (exact) mass is 194 g/mol. The molecule has 0 saturated carbocycles. The number of rotatable bonds is 3. The minimum atomic E-state index is 0.725. The minimum Gasteiger partial charge on any atom is -0.296 e. The normalized spacial score (nSPS) is 10.7. The molecule has 0 aliphatic rings. The molecule has 0 aromatic carbocycles. The van der Waals surface area contributed by atoms with E-state index in [9.17, 15) is 0 Å². The van der Waals surface area contributed by atoms with Crippen LogP contribution in [0.4, 0.5) is 0 Å². The van der Waals surface area contributed by atoms with E-state index in [2.05, 4.69) is 33.0 Å². The van der Waals surface area contributed by atoms with Crippen LogP contribution in [0, 0.1) is 0 Å². The molecule has 0 unspecified atom stereocenters. The van der Waals surface area contributed by atoms with E-state index in [0.29, 0.717) is 0 Å². The third-order valence-electron chi connectivity index (χ3n) is 1.43. The highest BCUT2D eigenvalue weighted by Gasteiger charge is 1.98. The topological polar surface area (TPSA) is 49.3 Å². The Morgan fingerprint density at radius 2 is 2.23 bits per heavy atom. The molecule has 1 heterocycles. The van der Waals surface area contributed by atoms with Gasteiger partial charge in [-0.25, -0.2) is 0 Å². The van der Waals surface area contributed by atoms with Gasteiger partial charge in [0, 0.05) is 25.0 Å². The zero-order valence-electron chi connectivity index (χ0n) is 7.19. The van der Waals surface area contributed by atoms with Crippen LogP contribution in [-0.4, -0.2) is 23.4 Å². The van der Waals surface area contributed by atoms with Crippen molar-refractivity contribution in [3.8, 4) is 0 Å². The second-order valence-corrected chi connectivity index (χ2v) is 2.43. The number of thiocarbonyl (C=S) groups is 1. The van der Waals surface area contributed by atoms with E-state index in [0.717, 1.165) is 11.4 Å². The molecule has 4 nitrogen and oxygen atoms in total. The smallest absolute Gasteiger partial charge is 0.146 e. The molecule has 1 aromatic rings. The van der Waals surface area contributed by atoms with Gasteiger partial charge < -0.3 is 0 Å². The second-order valence-electron chi connectivity index (χ2n) is 2.20. The molecule has 0 radical (unpaired) electrons. The van der Waals surface area contributed by atoms with Crippen LogP contribution in [0.5, 0.6) is 0 Å². The van der Waals surface area contributed by atoms with Gasteiger partial charge >= 0.3 is 0 Å². The van der Waals surface area contributed by atoms with Crippen molar-refractivity contribution in [3.63, 3.8) is 0 Å². The number of amidine groups is 1. The van der Waals surface area contributed by atoms with E-state index in [1.165, 1.54) is 5.49 Å². The molecule has 1 aromatic heterocycles. The fourth-order valence-electron chi connectivity index (χ4n) is 0.865. The average Bonchev–Trinajstić information content (AvgIpc) is 2.21. The summed E-state index contributed by atoms with van der Waals surface area (Å²) in [6, 6.07) is 3.72. The molecule has 2 N–H and O–H groups in total. The van der Waals surface area contributed by atoms with Gasteiger partial charge in [-0.2, -0.15) is 0 Å². The fourth-order valence-corrected chi connectivity index (χ4v) is 0.924. The molecule has 0 fully saturated rings. The average molecular weight is 194 g/mol. The summed E-state index contributed by atoms with van der Waals surface area (Å²) in [4.78, 5) is 7.96. The maximum Gasteiger partial charge on any atom is 0.146 e.